The van der Waals surface area contributed by atoms with Crippen molar-refractivity contribution < 1.29 is 24.2 Å². The van der Waals surface area contributed by atoms with Gasteiger partial charge in [0.2, 0.25) is 0 Å². The quantitative estimate of drug-likeness (QED) is 0.398. The van der Waals surface area contributed by atoms with E-state index in [4.69, 9.17) is 45.3 Å². The summed E-state index contributed by atoms with van der Waals surface area (Å²) in [7, 11) is 0. The van der Waals surface area contributed by atoms with Gasteiger partial charge in [-0.25, -0.2) is 4.79 Å². The highest BCUT2D eigenvalue weighted by Gasteiger charge is 2.35. The summed E-state index contributed by atoms with van der Waals surface area (Å²) in [5.74, 6) is -2.08. The van der Waals surface area contributed by atoms with Crippen LogP contribution in [0.15, 0.2) is 48.0 Å². The van der Waals surface area contributed by atoms with E-state index < -0.39 is 23.9 Å². The van der Waals surface area contributed by atoms with Crippen molar-refractivity contribution in [2.45, 2.75) is 13.0 Å². The van der Waals surface area contributed by atoms with Crippen LogP contribution < -0.4 is 15.0 Å². The van der Waals surface area contributed by atoms with Crippen molar-refractivity contribution >= 4 is 70.1 Å². The smallest absolute Gasteiger partial charge is 0.344 e. The average Bonchev–Trinajstić information content (AvgIpc) is 2.69. The van der Waals surface area contributed by atoms with Crippen LogP contribution >= 0.6 is 35.4 Å². The van der Waals surface area contributed by atoms with Gasteiger partial charge in [-0.05, 0) is 55.0 Å². The Kier molecular flexibility index (Phi) is 6.40. The highest BCUT2D eigenvalue weighted by molar-refractivity contribution is 7.80. The number of halogens is 2. The fourth-order valence-electron chi connectivity index (χ4n) is 2.61. The number of aliphatic carboxylic acids is 1. The van der Waals surface area contributed by atoms with Crippen LogP contribution in [-0.2, 0) is 14.4 Å². The van der Waals surface area contributed by atoms with Gasteiger partial charge in [-0.1, -0.05) is 41.4 Å². The molecular formula is C20H14Cl2N2O5S. The summed E-state index contributed by atoms with van der Waals surface area (Å²) >= 11 is 17.4. The van der Waals surface area contributed by atoms with Crippen molar-refractivity contribution in [3.05, 3.63) is 63.6 Å². The molecule has 2 amide bonds. The molecule has 1 aliphatic rings. The fourth-order valence-corrected chi connectivity index (χ4v) is 3.26. The van der Waals surface area contributed by atoms with Crippen molar-refractivity contribution in [1.82, 2.24) is 5.32 Å². The molecule has 0 unspecified atom stereocenters. The van der Waals surface area contributed by atoms with E-state index in [0.29, 0.717) is 11.3 Å². The number of nitrogens with zero attached hydrogens (tertiary/aromatic N) is 1. The van der Waals surface area contributed by atoms with E-state index in [0.717, 1.165) is 4.90 Å². The Bertz CT molecular complexity index is 1090. The number of carboxylic acids is 1. The van der Waals surface area contributed by atoms with Crippen LogP contribution in [0.1, 0.15) is 12.5 Å². The second kappa shape index (κ2) is 8.83. The van der Waals surface area contributed by atoms with Crippen LogP contribution in [0.25, 0.3) is 6.08 Å². The zero-order valence-electron chi connectivity index (χ0n) is 15.4. The molecule has 2 aromatic rings. The summed E-state index contributed by atoms with van der Waals surface area (Å²) in [6, 6.07) is 11.0. The highest BCUT2D eigenvalue weighted by Crippen LogP contribution is 2.34. The highest BCUT2D eigenvalue weighted by atomic mass is 35.5. The standard InChI is InChI=1S/C20H14Cl2N2O5S/c1-10(19(27)28)29-12-7-5-11(6-8-12)9-13-17(25)23-20(30)24(18(13)26)15-4-2-3-14(21)16(15)22/h2-10H,1H3,(H,27,28)(H,23,25,30)/b13-9-/t10-/m1/s1. The van der Waals surface area contributed by atoms with E-state index in [9.17, 15) is 14.4 Å². The van der Waals surface area contributed by atoms with Gasteiger partial charge in [0, 0.05) is 0 Å². The lowest BCUT2D eigenvalue weighted by Gasteiger charge is -2.29. The third-order valence-electron chi connectivity index (χ3n) is 4.13. The molecule has 0 bridgehead atoms. The number of carbonyl (C=O) groups is 3. The maximum atomic E-state index is 13.0. The third-order valence-corrected chi connectivity index (χ3v) is 5.22. The molecule has 2 N–H and O–H groups in total. The molecule has 2 aromatic carbocycles. The van der Waals surface area contributed by atoms with Crippen LogP contribution in [0.3, 0.4) is 0 Å². The third kappa shape index (κ3) is 4.46. The molecule has 1 heterocycles. The lowest BCUT2D eigenvalue weighted by Crippen LogP contribution is -2.54. The van der Waals surface area contributed by atoms with Gasteiger partial charge < -0.3 is 9.84 Å². The number of anilines is 1. The van der Waals surface area contributed by atoms with Crippen LogP contribution in [0.2, 0.25) is 10.0 Å². The average molecular weight is 465 g/mol. The maximum absolute atomic E-state index is 13.0. The van der Waals surface area contributed by atoms with Crippen LogP contribution in [0.4, 0.5) is 5.69 Å². The molecule has 0 aromatic heterocycles. The lowest BCUT2D eigenvalue weighted by atomic mass is 10.1. The van der Waals surface area contributed by atoms with E-state index in [2.05, 4.69) is 5.32 Å². The van der Waals surface area contributed by atoms with Gasteiger partial charge in [0.25, 0.3) is 11.8 Å². The number of nitrogens with one attached hydrogen (secondary N) is 1. The van der Waals surface area contributed by atoms with Crippen molar-refractivity contribution in [2.75, 3.05) is 4.90 Å². The molecule has 1 saturated heterocycles. The SMILES string of the molecule is C[C@@H](Oc1ccc(/C=C2/C(=O)NC(=S)N(c3cccc(Cl)c3Cl)C2=O)cc1)C(=O)O. The van der Waals surface area contributed by atoms with Gasteiger partial charge in [0.05, 0.1) is 15.7 Å². The van der Waals surface area contributed by atoms with E-state index in [1.165, 1.54) is 25.1 Å². The number of rotatable bonds is 5. The molecule has 1 aliphatic heterocycles. The van der Waals surface area contributed by atoms with Gasteiger partial charge in [-0.3, -0.25) is 19.8 Å². The first-order valence-electron chi connectivity index (χ1n) is 8.54. The van der Waals surface area contributed by atoms with Gasteiger partial charge in [0.15, 0.2) is 11.2 Å². The molecule has 0 radical (unpaired) electrons. The maximum Gasteiger partial charge on any atom is 0.344 e. The zero-order chi connectivity index (χ0) is 22.0. The van der Waals surface area contributed by atoms with Crippen molar-refractivity contribution in [3.63, 3.8) is 0 Å². The lowest BCUT2D eigenvalue weighted by molar-refractivity contribution is -0.144. The largest absolute Gasteiger partial charge is 0.479 e. The first-order valence-corrected chi connectivity index (χ1v) is 9.70. The number of amides is 2. The molecule has 3 rings (SSSR count). The number of hydrogen-bond acceptors (Lipinski definition) is 5. The van der Waals surface area contributed by atoms with Gasteiger partial charge in [-0.2, -0.15) is 0 Å². The first kappa shape index (κ1) is 21.8. The van der Waals surface area contributed by atoms with Gasteiger partial charge in [-0.15, -0.1) is 0 Å². The summed E-state index contributed by atoms with van der Waals surface area (Å²) in [5, 5.41) is 11.6. The number of carboxylic acid groups (broad SMARTS) is 1. The van der Waals surface area contributed by atoms with Crippen LogP contribution in [0.5, 0.6) is 5.75 Å². The van der Waals surface area contributed by atoms with Crippen molar-refractivity contribution in [1.29, 1.82) is 0 Å². The summed E-state index contributed by atoms with van der Waals surface area (Å²) in [6.45, 7) is 1.40. The number of thiocarbonyl (C=S) groups is 1. The molecular weight excluding hydrogens is 451 g/mol. The topological polar surface area (TPSA) is 95.9 Å². The molecule has 1 fully saturated rings. The van der Waals surface area contributed by atoms with Crippen molar-refractivity contribution in [3.8, 4) is 5.75 Å². The molecule has 0 aliphatic carbocycles. The molecule has 0 saturated carbocycles. The number of hydrogen-bond donors (Lipinski definition) is 2. The molecule has 10 heteroatoms. The monoisotopic (exact) mass is 464 g/mol. The van der Waals surface area contributed by atoms with E-state index in [1.807, 2.05) is 0 Å². The summed E-state index contributed by atoms with van der Waals surface area (Å²) in [4.78, 5) is 37.4. The summed E-state index contributed by atoms with van der Waals surface area (Å²) < 4.78 is 5.26. The minimum atomic E-state index is -1.10. The van der Waals surface area contributed by atoms with E-state index >= 15 is 0 Å². The Morgan fingerprint density at radius 3 is 2.50 bits per heavy atom. The van der Waals surface area contributed by atoms with E-state index in [-0.39, 0.29) is 26.4 Å². The van der Waals surface area contributed by atoms with E-state index in [1.54, 1.807) is 30.3 Å². The summed E-state index contributed by atoms with van der Waals surface area (Å²) in [5.41, 5.74) is 0.609. The van der Waals surface area contributed by atoms with Crippen molar-refractivity contribution in [2.24, 2.45) is 0 Å². The molecule has 1 atom stereocenters. The van der Waals surface area contributed by atoms with Crippen LogP contribution in [0, 0.1) is 0 Å². The fraction of sp³-hybridized carbons (Fsp3) is 0.100. The Hall–Kier alpha value is -2.94. The molecule has 154 valence electrons. The molecule has 0 spiro atoms. The van der Waals surface area contributed by atoms with Crippen LogP contribution in [-0.4, -0.2) is 34.1 Å². The second-order valence-electron chi connectivity index (χ2n) is 6.20. The number of carbonyl (C=O) groups excluding carboxylic acids is 2. The van der Waals surface area contributed by atoms with Gasteiger partial charge >= 0.3 is 5.97 Å². The zero-order valence-corrected chi connectivity index (χ0v) is 17.7. The minimum absolute atomic E-state index is 0.113. The second-order valence-corrected chi connectivity index (χ2v) is 7.37. The Balaban J connectivity index is 1.91. The summed E-state index contributed by atoms with van der Waals surface area (Å²) in [6.07, 6.45) is 0.367. The molecule has 7 nitrogen and oxygen atoms in total. The first-order chi connectivity index (χ1) is 14.2. The molecule has 30 heavy (non-hydrogen) atoms. The van der Waals surface area contributed by atoms with Gasteiger partial charge in [0.1, 0.15) is 11.3 Å². The predicted octanol–water partition coefficient (Wildman–Crippen LogP) is 3.68. The Labute approximate surface area is 186 Å². The number of benzene rings is 2. The Morgan fingerprint density at radius 2 is 1.87 bits per heavy atom. The normalized spacial score (nSPS) is 16.4. The minimum Gasteiger partial charge on any atom is -0.479 e. The number of ether oxygens (including phenoxy) is 1. The predicted molar refractivity (Wildman–Crippen MR) is 117 cm³/mol. The Morgan fingerprint density at radius 1 is 1.20 bits per heavy atom.